The van der Waals surface area contributed by atoms with E-state index in [4.69, 9.17) is 22.6 Å². The fraction of sp³-hybridized carbons (Fsp3) is 0.800. The van der Waals surface area contributed by atoms with Gasteiger partial charge < -0.3 is 5.73 Å². The van der Waals surface area contributed by atoms with Crippen LogP contribution in [0.25, 0.3) is 0 Å². The molecule has 0 aromatic rings. The van der Waals surface area contributed by atoms with Crippen LogP contribution in [0.2, 0.25) is 0 Å². The number of nitrogens with two attached hydrogens (primary N) is 1. The zero-order chi connectivity index (χ0) is 11.3. The van der Waals surface area contributed by atoms with Crippen LogP contribution in [0.3, 0.4) is 0 Å². The van der Waals surface area contributed by atoms with E-state index < -0.39 is 5.38 Å². The SMILES string of the molecule is N#CC(Cl)CN(CC(N)=O)C1CCCC1. The molecular weight excluding hydrogens is 214 g/mol. The van der Waals surface area contributed by atoms with Crippen LogP contribution in [0.1, 0.15) is 25.7 Å². The third-order valence-electron chi connectivity index (χ3n) is 2.73. The summed E-state index contributed by atoms with van der Waals surface area (Å²) in [7, 11) is 0. The average molecular weight is 230 g/mol. The van der Waals surface area contributed by atoms with Gasteiger partial charge in [0.2, 0.25) is 5.91 Å². The van der Waals surface area contributed by atoms with Gasteiger partial charge in [0.15, 0.2) is 0 Å². The number of alkyl halides is 1. The van der Waals surface area contributed by atoms with E-state index in [1.807, 2.05) is 11.0 Å². The molecule has 0 aliphatic heterocycles. The Hall–Kier alpha value is -0.790. The van der Waals surface area contributed by atoms with Crippen LogP contribution in [0.5, 0.6) is 0 Å². The summed E-state index contributed by atoms with van der Waals surface area (Å²) in [5, 5.41) is 8.07. The Morgan fingerprint density at radius 3 is 2.67 bits per heavy atom. The van der Waals surface area contributed by atoms with Crippen molar-refractivity contribution in [3.05, 3.63) is 0 Å². The number of halogens is 1. The van der Waals surface area contributed by atoms with Crippen molar-refractivity contribution in [2.45, 2.75) is 37.1 Å². The lowest BCUT2D eigenvalue weighted by atomic mass is 10.2. The topological polar surface area (TPSA) is 70.1 Å². The number of rotatable bonds is 5. The van der Waals surface area contributed by atoms with E-state index in [1.165, 1.54) is 12.8 Å². The first-order chi connectivity index (χ1) is 7.13. The second-order valence-electron chi connectivity index (χ2n) is 3.93. The molecule has 0 saturated heterocycles. The molecule has 0 radical (unpaired) electrons. The second-order valence-corrected chi connectivity index (χ2v) is 4.46. The maximum Gasteiger partial charge on any atom is 0.231 e. The summed E-state index contributed by atoms with van der Waals surface area (Å²) in [6.07, 6.45) is 4.50. The summed E-state index contributed by atoms with van der Waals surface area (Å²) in [5.41, 5.74) is 5.17. The third-order valence-corrected chi connectivity index (χ3v) is 2.97. The van der Waals surface area contributed by atoms with Crippen molar-refractivity contribution in [1.29, 1.82) is 5.26 Å². The predicted octanol–water partition coefficient (Wildman–Crippen LogP) is 0.847. The van der Waals surface area contributed by atoms with Gasteiger partial charge in [-0.25, -0.2) is 0 Å². The normalized spacial score (nSPS) is 19.0. The smallest absolute Gasteiger partial charge is 0.231 e. The highest BCUT2D eigenvalue weighted by Gasteiger charge is 2.25. The molecule has 15 heavy (non-hydrogen) atoms. The van der Waals surface area contributed by atoms with Crippen LogP contribution in [-0.2, 0) is 4.79 Å². The summed E-state index contributed by atoms with van der Waals surface area (Å²) < 4.78 is 0. The van der Waals surface area contributed by atoms with Crippen LogP contribution in [0.4, 0.5) is 0 Å². The van der Waals surface area contributed by atoms with Gasteiger partial charge in [-0.2, -0.15) is 5.26 Å². The molecule has 1 amide bonds. The van der Waals surface area contributed by atoms with Gasteiger partial charge in [-0.05, 0) is 12.8 Å². The monoisotopic (exact) mass is 229 g/mol. The molecule has 1 aliphatic carbocycles. The minimum absolute atomic E-state index is 0.204. The Balaban J connectivity index is 2.52. The standard InChI is InChI=1S/C10H16ClN3O/c11-8(5-12)6-14(7-10(13)15)9-3-1-2-4-9/h8-9H,1-4,6-7H2,(H2,13,15). The summed E-state index contributed by atoms with van der Waals surface area (Å²) in [6.45, 7) is 0.626. The molecule has 0 aromatic carbocycles. The summed E-state index contributed by atoms with van der Waals surface area (Å²) in [5.74, 6) is -0.358. The van der Waals surface area contributed by atoms with Gasteiger partial charge in [-0.15, -0.1) is 11.6 Å². The third kappa shape index (κ3) is 4.06. The second kappa shape index (κ2) is 5.94. The van der Waals surface area contributed by atoms with Crippen LogP contribution >= 0.6 is 11.6 Å². The van der Waals surface area contributed by atoms with Gasteiger partial charge in [0.1, 0.15) is 5.38 Å². The quantitative estimate of drug-likeness (QED) is 0.711. The molecule has 1 fully saturated rings. The zero-order valence-corrected chi connectivity index (χ0v) is 9.41. The molecule has 2 N–H and O–H groups in total. The minimum atomic E-state index is -0.565. The molecule has 0 aromatic heterocycles. The van der Waals surface area contributed by atoms with Crippen molar-refractivity contribution >= 4 is 17.5 Å². The van der Waals surface area contributed by atoms with E-state index in [0.29, 0.717) is 12.6 Å². The first kappa shape index (κ1) is 12.3. The van der Waals surface area contributed by atoms with Crippen molar-refractivity contribution in [2.24, 2.45) is 5.73 Å². The number of nitriles is 1. The zero-order valence-electron chi connectivity index (χ0n) is 8.66. The van der Waals surface area contributed by atoms with Gasteiger partial charge >= 0.3 is 0 Å². The van der Waals surface area contributed by atoms with E-state index in [9.17, 15) is 4.79 Å². The lowest BCUT2D eigenvalue weighted by Gasteiger charge is -2.27. The maximum atomic E-state index is 10.9. The minimum Gasteiger partial charge on any atom is -0.369 e. The van der Waals surface area contributed by atoms with E-state index in [0.717, 1.165) is 12.8 Å². The number of carbonyl (C=O) groups excluding carboxylic acids is 1. The van der Waals surface area contributed by atoms with Crippen molar-refractivity contribution < 1.29 is 4.79 Å². The number of amides is 1. The summed E-state index contributed by atoms with van der Waals surface area (Å²) >= 11 is 5.77. The Labute approximate surface area is 95.0 Å². The van der Waals surface area contributed by atoms with Crippen LogP contribution < -0.4 is 5.73 Å². The first-order valence-corrected chi connectivity index (χ1v) is 5.63. The predicted molar refractivity (Wildman–Crippen MR) is 58.3 cm³/mol. The number of nitrogens with zero attached hydrogens (tertiary/aromatic N) is 2. The summed E-state index contributed by atoms with van der Waals surface area (Å²) in [4.78, 5) is 12.8. The van der Waals surface area contributed by atoms with E-state index in [-0.39, 0.29) is 12.5 Å². The number of carbonyl (C=O) groups is 1. The lowest BCUT2D eigenvalue weighted by molar-refractivity contribution is -0.119. The highest BCUT2D eigenvalue weighted by atomic mass is 35.5. The van der Waals surface area contributed by atoms with E-state index >= 15 is 0 Å². The Morgan fingerprint density at radius 2 is 2.20 bits per heavy atom. The Kier molecular flexibility index (Phi) is 4.86. The van der Waals surface area contributed by atoms with Crippen LogP contribution in [-0.4, -0.2) is 35.3 Å². The number of hydrogen-bond donors (Lipinski definition) is 1. The molecule has 5 heteroatoms. The molecule has 84 valence electrons. The first-order valence-electron chi connectivity index (χ1n) is 5.19. The van der Waals surface area contributed by atoms with E-state index in [1.54, 1.807) is 0 Å². The molecule has 0 spiro atoms. The van der Waals surface area contributed by atoms with Crippen molar-refractivity contribution in [3.63, 3.8) is 0 Å². The average Bonchev–Trinajstić information content (AvgIpc) is 2.68. The van der Waals surface area contributed by atoms with Gasteiger partial charge in [0.05, 0.1) is 12.6 Å². The van der Waals surface area contributed by atoms with Crippen molar-refractivity contribution in [2.75, 3.05) is 13.1 Å². The molecule has 4 nitrogen and oxygen atoms in total. The van der Waals surface area contributed by atoms with Gasteiger partial charge in [-0.3, -0.25) is 9.69 Å². The molecule has 1 saturated carbocycles. The molecule has 0 heterocycles. The Bertz CT molecular complexity index is 258. The highest BCUT2D eigenvalue weighted by Crippen LogP contribution is 2.23. The molecule has 1 rings (SSSR count). The highest BCUT2D eigenvalue weighted by molar-refractivity contribution is 6.22. The number of hydrogen-bond acceptors (Lipinski definition) is 3. The van der Waals surface area contributed by atoms with Crippen molar-refractivity contribution in [1.82, 2.24) is 4.90 Å². The fourth-order valence-electron chi connectivity index (χ4n) is 2.06. The largest absolute Gasteiger partial charge is 0.369 e. The van der Waals surface area contributed by atoms with Gasteiger partial charge in [-0.1, -0.05) is 12.8 Å². The molecule has 1 unspecified atom stereocenters. The van der Waals surface area contributed by atoms with E-state index in [2.05, 4.69) is 0 Å². The van der Waals surface area contributed by atoms with Crippen LogP contribution in [0.15, 0.2) is 0 Å². The molecular formula is C10H16ClN3O. The van der Waals surface area contributed by atoms with Gasteiger partial charge in [0, 0.05) is 12.6 Å². The maximum absolute atomic E-state index is 10.9. The van der Waals surface area contributed by atoms with Crippen LogP contribution in [0, 0.1) is 11.3 Å². The van der Waals surface area contributed by atoms with Crippen molar-refractivity contribution in [3.8, 4) is 6.07 Å². The van der Waals surface area contributed by atoms with Gasteiger partial charge in [0.25, 0.3) is 0 Å². The summed E-state index contributed by atoms with van der Waals surface area (Å²) in [6, 6.07) is 2.33. The molecule has 0 bridgehead atoms. The lowest BCUT2D eigenvalue weighted by Crippen LogP contribution is -2.42. The molecule has 1 aliphatic rings. The number of primary amides is 1. The molecule has 1 atom stereocenters. The fourth-order valence-corrected chi connectivity index (χ4v) is 2.24. The Morgan fingerprint density at radius 1 is 1.60 bits per heavy atom.